The number of rotatable bonds is 6. The van der Waals surface area contributed by atoms with Gasteiger partial charge in [0.25, 0.3) is 0 Å². The number of hydrogen-bond acceptors (Lipinski definition) is 12. The second-order valence-corrected chi connectivity index (χ2v) is 16.9. The summed E-state index contributed by atoms with van der Waals surface area (Å²) in [5.41, 5.74) is 1.49. The van der Waals surface area contributed by atoms with Crippen LogP contribution in [-0.4, -0.2) is 35.8 Å². The summed E-state index contributed by atoms with van der Waals surface area (Å²) in [7, 11) is 0. The van der Waals surface area contributed by atoms with Gasteiger partial charge in [-0.05, 0) is 64.6 Å². The third-order valence-electron chi connectivity index (χ3n) is 12.1. The molecule has 84 heavy (non-hydrogen) atoms. The van der Waals surface area contributed by atoms with Crippen molar-refractivity contribution in [3.05, 3.63) is 288 Å². The van der Waals surface area contributed by atoms with Gasteiger partial charge in [-0.1, -0.05) is 255 Å². The first kappa shape index (κ1) is 77.0. The smallest absolute Gasteiger partial charge is 0.545 e. The number of carbonyl (C=O) groups is 6. The fraction of sp³-hybridized carbons (Fsp3) is 0. The molecule has 12 aromatic rings. The molecule has 0 aliphatic rings. The van der Waals surface area contributed by atoms with Crippen molar-refractivity contribution in [2.24, 2.45) is 0 Å². The maximum absolute atomic E-state index is 10.7. The molecule has 0 N–H and O–H groups in total. The Bertz CT molecular complexity index is 3450. The van der Waals surface area contributed by atoms with E-state index in [0.717, 1.165) is 64.6 Å². The molecule has 12 nitrogen and oxygen atoms in total. The van der Waals surface area contributed by atoms with E-state index in [9.17, 15) is 59.4 Å². The third-order valence-corrected chi connectivity index (χ3v) is 12.1. The molecule has 18 heteroatoms. The Labute approximate surface area is 616 Å². The van der Waals surface area contributed by atoms with Crippen LogP contribution < -0.4 is 208 Å². The molecule has 0 saturated heterocycles. The van der Waals surface area contributed by atoms with E-state index in [1.54, 1.807) is 109 Å². The van der Waals surface area contributed by atoms with Gasteiger partial charge in [-0.15, -0.1) is 0 Å². The van der Waals surface area contributed by atoms with Crippen LogP contribution in [0.25, 0.3) is 64.6 Å². The van der Waals surface area contributed by atoms with Crippen molar-refractivity contribution >= 4 is 100 Å². The standard InChI is InChI=1S/6C11H8O2.6Na/c6*12-11(13)10-7-3-5-8-4-1-2-6-9(8)10;;;;;;/h6*1-7H,(H,12,13);;;;;;/q;;;;;;6*+1/p-6. The predicted octanol–water partition coefficient (Wildman–Crippen LogP) is -10.8. The van der Waals surface area contributed by atoms with Crippen molar-refractivity contribution in [1.29, 1.82) is 0 Å². The molecule has 384 valence electrons. The minimum atomic E-state index is -1.13. The van der Waals surface area contributed by atoms with Crippen LogP contribution in [0.4, 0.5) is 0 Å². The summed E-state index contributed by atoms with van der Waals surface area (Å²) in [6.45, 7) is 0. The number of aromatic carboxylic acids is 6. The Balaban J connectivity index is 0.000000497. The van der Waals surface area contributed by atoms with Crippen molar-refractivity contribution in [1.82, 2.24) is 0 Å². The number of carbonyl (C=O) groups excluding carboxylic acids is 6. The maximum atomic E-state index is 10.7. The average Bonchev–Trinajstić information content (AvgIpc) is 3.68. The second-order valence-electron chi connectivity index (χ2n) is 16.9. The third kappa shape index (κ3) is 21.2. The molecule has 0 atom stereocenters. The van der Waals surface area contributed by atoms with Crippen LogP contribution in [0.15, 0.2) is 255 Å². The zero-order valence-electron chi connectivity index (χ0n) is 47.1. The Kier molecular flexibility index (Phi) is 35.7. The quantitative estimate of drug-likeness (QED) is 0.141. The molecule has 12 aromatic carbocycles. The van der Waals surface area contributed by atoms with Crippen molar-refractivity contribution in [2.45, 2.75) is 0 Å². The first-order valence-electron chi connectivity index (χ1n) is 23.9. The van der Waals surface area contributed by atoms with Gasteiger partial charge < -0.3 is 59.4 Å². The van der Waals surface area contributed by atoms with Gasteiger partial charge in [0.05, 0.1) is 35.8 Å². The predicted molar refractivity (Wildman–Crippen MR) is 290 cm³/mol. The molecule has 12 rings (SSSR count). The van der Waals surface area contributed by atoms with E-state index in [0.29, 0.717) is 0 Å². The topological polar surface area (TPSA) is 241 Å². The zero-order chi connectivity index (χ0) is 55.6. The summed E-state index contributed by atoms with van der Waals surface area (Å²) < 4.78 is 0. The van der Waals surface area contributed by atoms with E-state index in [1.165, 1.54) is 0 Å². The first-order valence-corrected chi connectivity index (χ1v) is 23.9. The van der Waals surface area contributed by atoms with Gasteiger partial charge in [-0.2, -0.15) is 0 Å². The van der Waals surface area contributed by atoms with Gasteiger partial charge >= 0.3 is 177 Å². The minimum absolute atomic E-state index is 0. The van der Waals surface area contributed by atoms with Crippen LogP contribution in [-0.2, 0) is 0 Å². The average molecular weight is 1160 g/mol. The second kappa shape index (κ2) is 38.9. The van der Waals surface area contributed by atoms with E-state index in [1.807, 2.05) is 146 Å². The van der Waals surface area contributed by atoms with Gasteiger partial charge in [-0.3, -0.25) is 0 Å². The van der Waals surface area contributed by atoms with Crippen LogP contribution in [0.1, 0.15) is 62.1 Å². The van der Waals surface area contributed by atoms with Crippen LogP contribution in [0.5, 0.6) is 0 Å². The zero-order valence-corrected chi connectivity index (χ0v) is 59.1. The minimum Gasteiger partial charge on any atom is -0.545 e. The van der Waals surface area contributed by atoms with Gasteiger partial charge in [0, 0.05) is 33.4 Å². The largest absolute Gasteiger partial charge is 1.00 e. The molecule has 0 unspecified atom stereocenters. The summed E-state index contributed by atoms with van der Waals surface area (Å²) >= 11 is 0. The molecule has 0 radical (unpaired) electrons. The Morgan fingerprint density at radius 3 is 0.393 bits per heavy atom. The molecule has 0 spiro atoms. The van der Waals surface area contributed by atoms with Crippen LogP contribution in [0, 0.1) is 0 Å². The van der Waals surface area contributed by atoms with Crippen molar-refractivity contribution in [3.8, 4) is 0 Å². The van der Waals surface area contributed by atoms with Gasteiger partial charge in [0.2, 0.25) is 0 Å². The number of benzene rings is 12. The molecule has 0 bridgehead atoms. The molecule has 0 fully saturated rings. The fourth-order valence-corrected chi connectivity index (χ4v) is 8.42. The molecular weight excluding hydrogens is 1120 g/mol. The molecular formula is C66H42Na6O12. The molecule has 0 aliphatic carbocycles. The van der Waals surface area contributed by atoms with E-state index < -0.39 is 35.8 Å². The Morgan fingerprint density at radius 2 is 0.274 bits per heavy atom. The maximum Gasteiger partial charge on any atom is 1.00 e. The van der Waals surface area contributed by atoms with E-state index in [2.05, 4.69) is 0 Å². The van der Waals surface area contributed by atoms with Crippen molar-refractivity contribution in [2.75, 3.05) is 0 Å². The van der Waals surface area contributed by atoms with Gasteiger partial charge in [0.1, 0.15) is 0 Å². The summed E-state index contributed by atoms with van der Waals surface area (Å²) in [6, 6.07) is 74.9. The van der Waals surface area contributed by atoms with Crippen LogP contribution in [0.3, 0.4) is 0 Å². The van der Waals surface area contributed by atoms with Gasteiger partial charge in [-0.25, -0.2) is 0 Å². The molecule has 0 aromatic heterocycles. The number of carboxylic acid groups (broad SMARTS) is 6. The number of fused-ring (bicyclic) bond motifs is 6. The van der Waals surface area contributed by atoms with E-state index >= 15 is 0 Å². The first-order chi connectivity index (χ1) is 37.7. The number of carboxylic acids is 6. The van der Waals surface area contributed by atoms with E-state index in [4.69, 9.17) is 0 Å². The summed E-state index contributed by atoms with van der Waals surface area (Å²) in [4.78, 5) is 64.2. The summed E-state index contributed by atoms with van der Waals surface area (Å²) in [5.74, 6) is -6.77. The Morgan fingerprint density at radius 1 is 0.167 bits per heavy atom. The molecule has 0 aliphatic heterocycles. The fourth-order valence-electron chi connectivity index (χ4n) is 8.42. The van der Waals surface area contributed by atoms with E-state index in [-0.39, 0.29) is 211 Å². The molecule has 0 amide bonds. The van der Waals surface area contributed by atoms with Crippen LogP contribution >= 0.6 is 0 Å². The number of hydrogen-bond donors (Lipinski definition) is 0. The van der Waals surface area contributed by atoms with Crippen LogP contribution in [0.2, 0.25) is 0 Å². The van der Waals surface area contributed by atoms with Gasteiger partial charge in [0.15, 0.2) is 0 Å². The molecule has 0 heterocycles. The monoisotopic (exact) mass is 1160 g/mol. The normalized spacial score (nSPS) is 9.43. The Hall–Kier alpha value is -4.98. The summed E-state index contributed by atoms with van der Waals surface area (Å²) in [5, 5.41) is 74.1. The summed E-state index contributed by atoms with van der Waals surface area (Å²) in [6.07, 6.45) is 0. The van der Waals surface area contributed by atoms with Crippen molar-refractivity contribution < 1.29 is 237 Å². The van der Waals surface area contributed by atoms with Crippen molar-refractivity contribution in [3.63, 3.8) is 0 Å². The SMILES string of the molecule is O=C([O-])c1cccc2ccccc12.O=C([O-])c1cccc2ccccc12.O=C([O-])c1cccc2ccccc12.O=C([O-])c1cccc2ccccc12.O=C([O-])c1cccc2ccccc12.O=C([O-])c1cccc2ccccc12.[Na+].[Na+].[Na+].[Na+].[Na+].[Na+]. The molecule has 0 saturated carbocycles.